The molecule has 0 aromatic heterocycles. The standard InChI is InChI=1S/C6H11NO4/c1-9-6(8)7-5-2-10-4-11-3-5/h5H,2-4H2,1H3,(H,7,8). The molecule has 0 aromatic rings. The van der Waals surface area contributed by atoms with E-state index in [4.69, 9.17) is 9.47 Å². The van der Waals surface area contributed by atoms with Gasteiger partial charge in [-0.05, 0) is 0 Å². The number of carbonyl (C=O) groups is 1. The molecule has 11 heavy (non-hydrogen) atoms. The molecule has 1 aliphatic rings. The molecule has 0 radical (unpaired) electrons. The minimum atomic E-state index is -0.455. The van der Waals surface area contributed by atoms with E-state index in [0.29, 0.717) is 20.0 Å². The second kappa shape index (κ2) is 4.15. The van der Waals surface area contributed by atoms with Crippen molar-refractivity contribution in [1.29, 1.82) is 0 Å². The number of hydrogen-bond donors (Lipinski definition) is 1. The first-order chi connectivity index (χ1) is 5.33. The average Bonchev–Trinajstić information content (AvgIpc) is 2.06. The van der Waals surface area contributed by atoms with E-state index in [9.17, 15) is 4.79 Å². The lowest BCUT2D eigenvalue weighted by Gasteiger charge is -2.22. The van der Waals surface area contributed by atoms with Crippen molar-refractivity contribution < 1.29 is 19.0 Å². The maximum absolute atomic E-state index is 10.6. The van der Waals surface area contributed by atoms with Crippen molar-refractivity contribution in [2.24, 2.45) is 0 Å². The van der Waals surface area contributed by atoms with Crippen molar-refractivity contribution >= 4 is 6.09 Å². The molecule has 1 N–H and O–H groups in total. The summed E-state index contributed by atoms with van der Waals surface area (Å²) in [4.78, 5) is 10.6. The molecule has 0 unspecified atom stereocenters. The van der Waals surface area contributed by atoms with Gasteiger partial charge in [-0.15, -0.1) is 0 Å². The molecule has 1 heterocycles. The molecule has 0 spiro atoms. The highest BCUT2D eigenvalue weighted by Crippen LogP contribution is 1.96. The van der Waals surface area contributed by atoms with E-state index in [1.165, 1.54) is 7.11 Å². The third-order valence-electron chi connectivity index (χ3n) is 1.31. The molecular weight excluding hydrogens is 150 g/mol. The summed E-state index contributed by atoms with van der Waals surface area (Å²) in [5, 5.41) is 2.56. The molecular formula is C6H11NO4. The first kappa shape index (κ1) is 8.29. The Labute approximate surface area is 64.6 Å². The molecule has 1 aliphatic heterocycles. The summed E-state index contributed by atoms with van der Waals surface area (Å²) in [7, 11) is 1.32. The SMILES string of the molecule is COC(=O)NC1COCOC1. The number of hydrogen-bond acceptors (Lipinski definition) is 4. The van der Waals surface area contributed by atoms with Gasteiger partial charge in [0.1, 0.15) is 6.79 Å². The predicted molar refractivity (Wildman–Crippen MR) is 36.1 cm³/mol. The molecule has 0 saturated carbocycles. The Bertz CT molecular complexity index is 133. The van der Waals surface area contributed by atoms with Gasteiger partial charge in [-0.3, -0.25) is 0 Å². The monoisotopic (exact) mass is 161 g/mol. The zero-order chi connectivity index (χ0) is 8.10. The van der Waals surface area contributed by atoms with E-state index in [-0.39, 0.29) is 6.04 Å². The largest absolute Gasteiger partial charge is 0.453 e. The van der Waals surface area contributed by atoms with Crippen molar-refractivity contribution in [3.05, 3.63) is 0 Å². The number of rotatable bonds is 1. The first-order valence-electron chi connectivity index (χ1n) is 3.33. The van der Waals surface area contributed by atoms with Crippen LogP contribution in [0.15, 0.2) is 0 Å². The normalized spacial score (nSPS) is 19.4. The van der Waals surface area contributed by atoms with Crippen LogP contribution in [-0.2, 0) is 14.2 Å². The van der Waals surface area contributed by atoms with E-state index in [0.717, 1.165) is 0 Å². The summed E-state index contributed by atoms with van der Waals surface area (Å²) in [6.07, 6.45) is -0.455. The highest BCUT2D eigenvalue weighted by atomic mass is 16.7. The Morgan fingerprint density at radius 3 is 2.73 bits per heavy atom. The topological polar surface area (TPSA) is 56.8 Å². The lowest BCUT2D eigenvalue weighted by molar-refractivity contribution is -0.111. The van der Waals surface area contributed by atoms with Crippen LogP contribution < -0.4 is 5.32 Å². The predicted octanol–water partition coefficient (Wildman–Crippen LogP) is -0.285. The van der Waals surface area contributed by atoms with Crippen LogP contribution in [0.3, 0.4) is 0 Å². The highest BCUT2D eigenvalue weighted by Gasteiger charge is 2.16. The molecule has 5 heteroatoms. The lowest BCUT2D eigenvalue weighted by atomic mass is 10.3. The van der Waals surface area contributed by atoms with Crippen LogP contribution in [0, 0.1) is 0 Å². The smallest absolute Gasteiger partial charge is 0.407 e. The number of methoxy groups -OCH3 is 1. The maximum atomic E-state index is 10.6. The van der Waals surface area contributed by atoms with Gasteiger partial charge >= 0.3 is 6.09 Å². The van der Waals surface area contributed by atoms with Gasteiger partial charge in [-0.2, -0.15) is 0 Å². The van der Waals surface area contributed by atoms with Gasteiger partial charge in [0.2, 0.25) is 0 Å². The zero-order valence-corrected chi connectivity index (χ0v) is 6.33. The van der Waals surface area contributed by atoms with Gasteiger partial charge < -0.3 is 19.5 Å². The van der Waals surface area contributed by atoms with E-state index < -0.39 is 6.09 Å². The third kappa shape index (κ3) is 2.73. The van der Waals surface area contributed by atoms with E-state index >= 15 is 0 Å². The van der Waals surface area contributed by atoms with Crippen molar-refractivity contribution in [3.63, 3.8) is 0 Å². The summed E-state index contributed by atoms with van der Waals surface area (Å²) < 4.78 is 14.3. The van der Waals surface area contributed by atoms with Gasteiger partial charge in [-0.1, -0.05) is 0 Å². The molecule has 0 bridgehead atoms. The Morgan fingerprint density at radius 2 is 2.18 bits per heavy atom. The van der Waals surface area contributed by atoms with Crippen LogP contribution in [0.4, 0.5) is 4.79 Å². The van der Waals surface area contributed by atoms with Gasteiger partial charge in [0, 0.05) is 0 Å². The van der Waals surface area contributed by atoms with Crippen molar-refractivity contribution in [3.8, 4) is 0 Å². The number of nitrogens with one attached hydrogen (secondary N) is 1. The Hall–Kier alpha value is -0.810. The van der Waals surface area contributed by atoms with Crippen LogP contribution in [0.25, 0.3) is 0 Å². The van der Waals surface area contributed by atoms with Crippen LogP contribution in [0.5, 0.6) is 0 Å². The average molecular weight is 161 g/mol. The van der Waals surface area contributed by atoms with Crippen molar-refractivity contribution in [2.45, 2.75) is 6.04 Å². The van der Waals surface area contributed by atoms with E-state index in [1.54, 1.807) is 0 Å². The van der Waals surface area contributed by atoms with Gasteiger partial charge in [-0.25, -0.2) is 4.79 Å². The lowest BCUT2D eigenvalue weighted by Crippen LogP contribution is -2.44. The van der Waals surface area contributed by atoms with Gasteiger partial charge in [0.05, 0.1) is 26.4 Å². The quantitative estimate of drug-likeness (QED) is 0.574. The van der Waals surface area contributed by atoms with E-state index in [1.807, 2.05) is 0 Å². The van der Waals surface area contributed by atoms with Crippen LogP contribution in [0.2, 0.25) is 0 Å². The summed E-state index contributed by atoms with van der Waals surface area (Å²) in [6, 6.07) is -0.0869. The van der Waals surface area contributed by atoms with Crippen molar-refractivity contribution in [1.82, 2.24) is 5.32 Å². The molecule has 5 nitrogen and oxygen atoms in total. The molecule has 0 aromatic carbocycles. The van der Waals surface area contributed by atoms with E-state index in [2.05, 4.69) is 10.1 Å². The van der Waals surface area contributed by atoms with Gasteiger partial charge in [0.15, 0.2) is 0 Å². The van der Waals surface area contributed by atoms with Crippen molar-refractivity contribution in [2.75, 3.05) is 27.1 Å². The Balaban J connectivity index is 2.19. The summed E-state index contributed by atoms with van der Waals surface area (Å²) in [6.45, 7) is 1.27. The van der Waals surface area contributed by atoms with Crippen LogP contribution in [-0.4, -0.2) is 39.3 Å². The number of amides is 1. The second-order valence-corrected chi connectivity index (χ2v) is 2.19. The van der Waals surface area contributed by atoms with Crippen LogP contribution in [0.1, 0.15) is 0 Å². The molecule has 1 fully saturated rings. The molecule has 0 aliphatic carbocycles. The molecule has 1 rings (SSSR count). The Morgan fingerprint density at radius 1 is 1.55 bits per heavy atom. The number of carbonyl (C=O) groups excluding carboxylic acids is 1. The number of ether oxygens (including phenoxy) is 3. The minimum absolute atomic E-state index is 0.0869. The minimum Gasteiger partial charge on any atom is -0.453 e. The summed E-state index contributed by atoms with van der Waals surface area (Å²) >= 11 is 0. The molecule has 64 valence electrons. The highest BCUT2D eigenvalue weighted by molar-refractivity contribution is 5.67. The number of alkyl carbamates (subject to hydrolysis) is 1. The third-order valence-corrected chi connectivity index (χ3v) is 1.31. The molecule has 1 saturated heterocycles. The van der Waals surface area contributed by atoms with Gasteiger partial charge in [0.25, 0.3) is 0 Å². The fraction of sp³-hybridized carbons (Fsp3) is 0.833. The summed E-state index contributed by atoms with van der Waals surface area (Å²) in [5.41, 5.74) is 0. The molecule has 0 atom stereocenters. The maximum Gasteiger partial charge on any atom is 0.407 e. The first-order valence-corrected chi connectivity index (χ1v) is 3.33. The fourth-order valence-electron chi connectivity index (χ4n) is 0.797. The fourth-order valence-corrected chi connectivity index (χ4v) is 0.797. The molecule has 1 amide bonds. The Kier molecular flexibility index (Phi) is 3.13. The van der Waals surface area contributed by atoms with Crippen LogP contribution >= 0.6 is 0 Å². The zero-order valence-electron chi connectivity index (χ0n) is 6.33. The second-order valence-electron chi connectivity index (χ2n) is 2.19. The summed E-state index contributed by atoms with van der Waals surface area (Å²) in [5.74, 6) is 0.